The maximum absolute atomic E-state index is 13.1. The third kappa shape index (κ3) is 4.37. The first-order chi connectivity index (χ1) is 12.3. The molecule has 0 aliphatic carbocycles. The molecule has 2 saturated heterocycles. The van der Waals surface area contributed by atoms with Crippen molar-refractivity contribution in [2.24, 2.45) is 5.92 Å². The first-order valence-corrected chi connectivity index (χ1v) is 9.68. The SMILES string of the molecule is CC(C)(C)OC(=O)N1CCC(C(=O)N2CCCC2c2ccccc2)CC1. The Kier molecular flexibility index (Phi) is 5.54. The molecule has 2 heterocycles. The lowest BCUT2D eigenvalue weighted by Gasteiger charge is -2.35. The van der Waals surface area contributed by atoms with Gasteiger partial charge in [0.1, 0.15) is 5.60 Å². The van der Waals surface area contributed by atoms with Crippen LogP contribution in [0, 0.1) is 5.92 Å². The molecule has 1 unspecified atom stereocenters. The van der Waals surface area contributed by atoms with Gasteiger partial charge in [-0.2, -0.15) is 0 Å². The Bertz CT molecular complexity index is 630. The number of rotatable bonds is 2. The van der Waals surface area contributed by atoms with E-state index in [1.165, 1.54) is 5.56 Å². The minimum absolute atomic E-state index is 0.0120. The number of hydrogen-bond donors (Lipinski definition) is 0. The molecule has 1 aromatic rings. The van der Waals surface area contributed by atoms with Crippen LogP contribution in [0.15, 0.2) is 30.3 Å². The van der Waals surface area contributed by atoms with Crippen LogP contribution >= 0.6 is 0 Å². The van der Waals surface area contributed by atoms with E-state index in [4.69, 9.17) is 4.74 Å². The second-order valence-corrected chi connectivity index (χ2v) is 8.34. The van der Waals surface area contributed by atoms with Crippen LogP contribution in [0.1, 0.15) is 58.1 Å². The first kappa shape index (κ1) is 18.7. The van der Waals surface area contributed by atoms with Gasteiger partial charge in [-0.15, -0.1) is 0 Å². The molecule has 142 valence electrons. The summed E-state index contributed by atoms with van der Waals surface area (Å²) >= 11 is 0. The monoisotopic (exact) mass is 358 g/mol. The normalized spacial score (nSPS) is 21.7. The molecule has 2 aliphatic rings. The summed E-state index contributed by atoms with van der Waals surface area (Å²) in [6.07, 6.45) is 3.26. The summed E-state index contributed by atoms with van der Waals surface area (Å²) < 4.78 is 5.44. The smallest absolute Gasteiger partial charge is 0.410 e. The van der Waals surface area contributed by atoms with E-state index in [-0.39, 0.29) is 24.0 Å². The average molecular weight is 358 g/mol. The van der Waals surface area contributed by atoms with Crippen molar-refractivity contribution < 1.29 is 14.3 Å². The van der Waals surface area contributed by atoms with Gasteiger partial charge in [-0.1, -0.05) is 30.3 Å². The highest BCUT2D eigenvalue weighted by molar-refractivity contribution is 5.80. The molecule has 26 heavy (non-hydrogen) atoms. The Morgan fingerprint density at radius 2 is 1.65 bits per heavy atom. The highest BCUT2D eigenvalue weighted by Gasteiger charge is 2.36. The van der Waals surface area contributed by atoms with Gasteiger partial charge in [0.2, 0.25) is 5.91 Å². The maximum atomic E-state index is 13.1. The number of carbonyl (C=O) groups is 2. The number of benzene rings is 1. The molecule has 0 bridgehead atoms. The van der Waals surface area contributed by atoms with Crippen molar-refractivity contribution in [2.45, 2.75) is 58.1 Å². The zero-order chi connectivity index (χ0) is 18.7. The van der Waals surface area contributed by atoms with Crippen molar-refractivity contribution in [3.05, 3.63) is 35.9 Å². The van der Waals surface area contributed by atoms with E-state index in [1.54, 1.807) is 4.90 Å². The van der Waals surface area contributed by atoms with Gasteiger partial charge in [-0.05, 0) is 52.0 Å². The standard InChI is InChI=1S/C21H30N2O3/c1-21(2,3)26-20(25)22-14-11-17(12-15-22)19(24)23-13-7-10-18(23)16-8-5-4-6-9-16/h4-6,8-9,17-18H,7,10-15H2,1-3H3. The summed E-state index contributed by atoms with van der Waals surface area (Å²) in [7, 11) is 0. The fourth-order valence-electron chi connectivity index (χ4n) is 3.92. The number of nitrogens with zero attached hydrogens (tertiary/aromatic N) is 2. The molecule has 2 aliphatic heterocycles. The van der Waals surface area contributed by atoms with Gasteiger partial charge >= 0.3 is 6.09 Å². The van der Waals surface area contributed by atoms with Crippen LogP contribution < -0.4 is 0 Å². The molecule has 0 saturated carbocycles. The topological polar surface area (TPSA) is 49.9 Å². The summed E-state index contributed by atoms with van der Waals surface area (Å²) in [6.45, 7) is 7.64. The van der Waals surface area contributed by atoms with Crippen molar-refractivity contribution in [3.8, 4) is 0 Å². The van der Waals surface area contributed by atoms with Crippen LogP contribution in [0.4, 0.5) is 4.79 Å². The summed E-state index contributed by atoms with van der Waals surface area (Å²) in [5.41, 5.74) is 0.743. The van der Waals surface area contributed by atoms with Crippen molar-refractivity contribution in [1.29, 1.82) is 0 Å². The maximum Gasteiger partial charge on any atom is 0.410 e. The molecule has 5 nitrogen and oxygen atoms in total. The summed E-state index contributed by atoms with van der Waals surface area (Å²) in [4.78, 5) is 29.1. The fraction of sp³-hybridized carbons (Fsp3) is 0.619. The molecule has 2 fully saturated rings. The Morgan fingerprint density at radius 3 is 2.27 bits per heavy atom. The third-order valence-corrected chi connectivity index (χ3v) is 5.22. The Morgan fingerprint density at radius 1 is 1.00 bits per heavy atom. The molecule has 3 rings (SSSR count). The van der Waals surface area contributed by atoms with Gasteiger partial charge in [0, 0.05) is 25.6 Å². The molecule has 1 aromatic carbocycles. The van der Waals surface area contributed by atoms with Gasteiger partial charge in [-0.25, -0.2) is 4.79 Å². The second-order valence-electron chi connectivity index (χ2n) is 8.34. The van der Waals surface area contributed by atoms with Gasteiger partial charge in [0.05, 0.1) is 6.04 Å². The van der Waals surface area contributed by atoms with E-state index in [1.807, 2.05) is 39.0 Å². The Hall–Kier alpha value is -2.04. The number of piperidine rings is 1. The lowest BCUT2D eigenvalue weighted by atomic mass is 9.94. The van der Waals surface area contributed by atoms with Crippen molar-refractivity contribution in [1.82, 2.24) is 9.80 Å². The minimum Gasteiger partial charge on any atom is -0.444 e. The molecule has 0 spiro atoms. The molecule has 5 heteroatoms. The molecular weight excluding hydrogens is 328 g/mol. The van der Waals surface area contributed by atoms with Gasteiger partial charge in [0.15, 0.2) is 0 Å². The quantitative estimate of drug-likeness (QED) is 0.803. The third-order valence-electron chi connectivity index (χ3n) is 5.22. The lowest BCUT2D eigenvalue weighted by molar-refractivity contribution is -0.138. The van der Waals surface area contributed by atoms with Crippen molar-refractivity contribution >= 4 is 12.0 Å². The summed E-state index contributed by atoms with van der Waals surface area (Å²) in [5, 5.41) is 0. The number of ether oxygens (including phenoxy) is 1. The van der Waals surface area contributed by atoms with Gasteiger partial charge in [-0.3, -0.25) is 4.79 Å². The van der Waals surface area contributed by atoms with Crippen LogP contribution in [-0.2, 0) is 9.53 Å². The fourth-order valence-corrected chi connectivity index (χ4v) is 3.92. The van der Waals surface area contributed by atoms with Crippen LogP contribution in [0.25, 0.3) is 0 Å². The molecule has 0 aromatic heterocycles. The Balaban J connectivity index is 1.57. The van der Waals surface area contributed by atoms with Gasteiger partial charge < -0.3 is 14.5 Å². The number of hydrogen-bond acceptors (Lipinski definition) is 3. The average Bonchev–Trinajstić information content (AvgIpc) is 3.10. The van der Waals surface area contributed by atoms with Crippen LogP contribution in [-0.4, -0.2) is 47.0 Å². The zero-order valence-corrected chi connectivity index (χ0v) is 16.1. The number of amides is 2. The zero-order valence-electron chi connectivity index (χ0n) is 16.1. The predicted molar refractivity (Wildman–Crippen MR) is 101 cm³/mol. The lowest BCUT2D eigenvalue weighted by Crippen LogP contribution is -2.45. The molecule has 0 radical (unpaired) electrons. The van der Waals surface area contributed by atoms with E-state index in [0.717, 1.165) is 32.2 Å². The minimum atomic E-state index is -0.484. The van der Waals surface area contributed by atoms with Gasteiger partial charge in [0.25, 0.3) is 0 Å². The van der Waals surface area contributed by atoms with Crippen molar-refractivity contribution in [3.63, 3.8) is 0 Å². The van der Waals surface area contributed by atoms with E-state index in [0.29, 0.717) is 13.1 Å². The largest absolute Gasteiger partial charge is 0.444 e. The highest BCUT2D eigenvalue weighted by atomic mass is 16.6. The molecule has 2 amide bonds. The predicted octanol–water partition coefficient (Wildman–Crippen LogP) is 4.00. The molecular formula is C21H30N2O3. The summed E-state index contributed by atoms with van der Waals surface area (Å²) in [6, 6.07) is 10.5. The molecule has 1 atom stereocenters. The van der Waals surface area contributed by atoms with E-state index >= 15 is 0 Å². The number of carbonyl (C=O) groups excluding carboxylic acids is 2. The van der Waals surface area contributed by atoms with E-state index < -0.39 is 5.60 Å². The van der Waals surface area contributed by atoms with Crippen LogP contribution in [0.2, 0.25) is 0 Å². The van der Waals surface area contributed by atoms with E-state index in [9.17, 15) is 9.59 Å². The van der Waals surface area contributed by atoms with Crippen molar-refractivity contribution in [2.75, 3.05) is 19.6 Å². The highest BCUT2D eigenvalue weighted by Crippen LogP contribution is 2.34. The van der Waals surface area contributed by atoms with E-state index in [2.05, 4.69) is 17.0 Å². The molecule has 0 N–H and O–H groups in total. The summed E-state index contributed by atoms with van der Waals surface area (Å²) in [5.74, 6) is 0.262. The second kappa shape index (κ2) is 7.68. The van der Waals surface area contributed by atoms with Crippen LogP contribution in [0.3, 0.4) is 0 Å². The van der Waals surface area contributed by atoms with Crippen LogP contribution in [0.5, 0.6) is 0 Å². The number of likely N-dealkylation sites (tertiary alicyclic amines) is 2. The first-order valence-electron chi connectivity index (χ1n) is 9.68. The Labute approximate surface area is 156 Å².